The molecule has 0 aliphatic carbocycles. The third kappa shape index (κ3) is 3.31. The van der Waals surface area contributed by atoms with Crippen molar-refractivity contribution in [2.45, 2.75) is 18.8 Å². The van der Waals surface area contributed by atoms with Crippen LogP contribution in [0.15, 0.2) is 24.3 Å². The van der Waals surface area contributed by atoms with Crippen LogP contribution in [0.2, 0.25) is 0 Å². The lowest BCUT2D eigenvalue weighted by molar-refractivity contribution is -0.360. The van der Waals surface area contributed by atoms with Gasteiger partial charge in [0.1, 0.15) is 5.75 Å². The van der Waals surface area contributed by atoms with E-state index >= 15 is 0 Å². The van der Waals surface area contributed by atoms with Crippen LogP contribution >= 0.6 is 0 Å². The Bertz CT molecular complexity index is 419. The molecule has 1 aromatic carbocycles. The monoisotopic (exact) mass is 268 g/mol. The largest absolute Gasteiger partial charge is 0.499 e. The van der Waals surface area contributed by atoms with Gasteiger partial charge in [0.2, 0.25) is 0 Å². The van der Waals surface area contributed by atoms with Crippen molar-refractivity contribution < 1.29 is 31.5 Å². The highest BCUT2D eigenvalue weighted by atomic mass is 19.4. The first kappa shape index (κ1) is 14.2. The van der Waals surface area contributed by atoms with Gasteiger partial charge in [0.05, 0.1) is 0 Å². The fourth-order valence-corrected chi connectivity index (χ4v) is 1.08. The molecule has 1 aromatic rings. The quantitative estimate of drug-likeness (QED) is 0.657. The Morgan fingerprint density at radius 2 is 1.78 bits per heavy atom. The zero-order valence-electron chi connectivity index (χ0n) is 8.72. The highest BCUT2D eigenvalue weighted by molar-refractivity contribution is 5.48. The first-order chi connectivity index (χ1) is 8.28. The predicted molar refractivity (Wildman–Crippen MR) is 50.6 cm³/mol. The molecule has 8 heteroatoms. The van der Waals surface area contributed by atoms with E-state index in [1.54, 1.807) is 0 Å². The maximum absolute atomic E-state index is 12.7. The van der Waals surface area contributed by atoms with Crippen LogP contribution in [0.3, 0.4) is 0 Å². The molecular formula is C10H7F5NO2. The maximum atomic E-state index is 12.7. The first-order valence-corrected chi connectivity index (χ1v) is 4.59. The van der Waals surface area contributed by atoms with Gasteiger partial charge in [-0.3, -0.25) is 4.79 Å². The van der Waals surface area contributed by atoms with E-state index in [1.165, 1.54) is 24.6 Å². The molecule has 0 fully saturated rings. The van der Waals surface area contributed by atoms with Crippen LogP contribution in [0.4, 0.5) is 22.0 Å². The van der Waals surface area contributed by atoms with E-state index in [9.17, 15) is 26.7 Å². The molecule has 0 saturated heterocycles. The minimum Gasteiger partial charge on any atom is -0.425 e. The number of amides is 1. The van der Waals surface area contributed by atoms with Crippen molar-refractivity contribution in [2.75, 3.05) is 0 Å². The number of hydrogen-bond donors (Lipinski definition) is 1. The molecule has 0 aromatic heterocycles. The van der Waals surface area contributed by atoms with Crippen molar-refractivity contribution >= 4 is 6.41 Å². The number of halogens is 5. The molecular weight excluding hydrogens is 261 g/mol. The van der Waals surface area contributed by atoms with Crippen molar-refractivity contribution in [3.8, 4) is 5.75 Å². The fourth-order valence-electron chi connectivity index (χ4n) is 1.08. The Hall–Kier alpha value is -1.86. The van der Waals surface area contributed by atoms with E-state index in [-0.39, 0.29) is 12.1 Å². The van der Waals surface area contributed by atoms with Gasteiger partial charge in [-0.2, -0.15) is 22.0 Å². The first-order valence-electron chi connectivity index (χ1n) is 4.59. The molecule has 99 valence electrons. The summed E-state index contributed by atoms with van der Waals surface area (Å²) in [6, 6.07) is 4.82. The number of carbonyl (C=O) groups excluding carboxylic acids is 1. The zero-order valence-corrected chi connectivity index (χ0v) is 8.72. The van der Waals surface area contributed by atoms with E-state index in [4.69, 9.17) is 0 Å². The van der Waals surface area contributed by atoms with Gasteiger partial charge in [-0.1, -0.05) is 18.2 Å². The van der Waals surface area contributed by atoms with E-state index < -0.39 is 18.0 Å². The molecule has 0 aliphatic heterocycles. The van der Waals surface area contributed by atoms with Crippen molar-refractivity contribution in [1.29, 1.82) is 0 Å². The van der Waals surface area contributed by atoms with Crippen LogP contribution in [0.25, 0.3) is 0 Å². The molecule has 0 heterocycles. The average Bonchev–Trinajstić information content (AvgIpc) is 2.26. The van der Waals surface area contributed by atoms with Gasteiger partial charge < -0.3 is 10.1 Å². The smallest absolute Gasteiger partial charge is 0.425 e. The van der Waals surface area contributed by atoms with E-state index in [0.717, 1.165) is 6.07 Å². The summed E-state index contributed by atoms with van der Waals surface area (Å²) in [5.41, 5.74) is -0.0234. The van der Waals surface area contributed by atoms with Gasteiger partial charge in [-0.05, 0) is 6.07 Å². The second kappa shape index (κ2) is 5.19. The molecule has 1 rings (SSSR count). The van der Waals surface area contributed by atoms with Gasteiger partial charge >= 0.3 is 18.7 Å². The number of rotatable bonds is 5. The number of alkyl halides is 5. The second-order valence-corrected chi connectivity index (χ2v) is 3.18. The highest BCUT2D eigenvalue weighted by Crippen LogP contribution is 2.38. The van der Waals surface area contributed by atoms with Crippen molar-refractivity contribution in [3.63, 3.8) is 0 Å². The maximum Gasteiger partial charge on any atom is 0.499 e. The molecule has 0 bridgehead atoms. The standard InChI is InChI=1S/C10H7F5NO2/c11-9(12,13)10(14,15)18-8-4-2-1-3-7(8)5-16-6-17/h1-4H,5H2,(H,16,17). The molecule has 1 radical (unpaired) electrons. The number of benzene rings is 1. The number of hydrogen-bond acceptors (Lipinski definition) is 2. The summed E-state index contributed by atoms with van der Waals surface area (Å²) >= 11 is 0. The summed E-state index contributed by atoms with van der Waals surface area (Å²) in [6.45, 7) is -0.270. The van der Waals surface area contributed by atoms with Crippen LogP contribution in [-0.4, -0.2) is 18.7 Å². The van der Waals surface area contributed by atoms with Crippen LogP contribution < -0.4 is 10.1 Å². The Balaban J connectivity index is 2.93. The van der Waals surface area contributed by atoms with Crippen molar-refractivity contribution in [1.82, 2.24) is 5.32 Å². The van der Waals surface area contributed by atoms with Crippen LogP contribution in [0.1, 0.15) is 5.56 Å². The molecule has 0 aliphatic rings. The minimum absolute atomic E-state index is 0.0234. The number of ether oxygens (including phenoxy) is 1. The van der Waals surface area contributed by atoms with Gasteiger partial charge in [0.15, 0.2) is 0 Å². The Labute approximate surface area is 98.5 Å². The molecule has 0 spiro atoms. The van der Waals surface area contributed by atoms with E-state index in [2.05, 4.69) is 4.74 Å². The topological polar surface area (TPSA) is 38.3 Å². The normalized spacial score (nSPS) is 12.1. The van der Waals surface area contributed by atoms with E-state index in [0.29, 0.717) is 0 Å². The predicted octanol–water partition coefficient (Wildman–Crippen LogP) is 2.38. The lowest BCUT2D eigenvalue weighted by atomic mass is 10.2. The zero-order chi connectivity index (χ0) is 13.8. The summed E-state index contributed by atoms with van der Waals surface area (Å²) in [7, 11) is 0. The fraction of sp³-hybridized carbons (Fsp3) is 0.300. The molecule has 1 amide bonds. The summed E-state index contributed by atoms with van der Waals surface area (Å²) < 4.78 is 64.9. The molecule has 3 nitrogen and oxygen atoms in total. The molecule has 0 saturated carbocycles. The summed E-state index contributed by atoms with van der Waals surface area (Å²) in [4.78, 5) is 9.93. The number of nitrogens with one attached hydrogen (secondary N) is 1. The SMILES string of the molecule is O=[C]NCc1ccccc1OC(F)(F)C(F)(F)F. The van der Waals surface area contributed by atoms with Gasteiger partial charge in [-0.15, -0.1) is 0 Å². The summed E-state index contributed by atoms with van der Waals surface area (Å²) in [5.74, 6) is -0.664. The molecule has 1 N–H and O–H groups in total. The van der Waals surface area contributed by atoms with Crippen LogP contribution in [0.5, 0.6) is 5.75 Å². The Morgan fingerprint density at radius 1 is 1.17 bits per heavy atom. The second-order valence-electron chi connectivity index (χ2n) is 3.18. The van der Waals surface area contributed by atoms with Gasteiger partial charge in [0.25, 0.3) is 0 Å². The molecule has 18 heavy (non-hydrogen) atoms. The molecule has 0 atom stereocenters. The van der Waals surface area contributed by atoms with Gasteiger partial charge in [-0.25, -0.2) is 0 Å². The van der Waals surface area contributed by atoms with Gasteiger partial charge in [0, 0.05) is 12.1 Å². The van der Waals surface area contributed by atoms with Crippen molar-refractivity contribution in [3.05, 3.63) is 29.8 Å². The minimum atomic E-state index is -5.82. The average molecular weight is 268 g/mol. The third-order valence-corrected chi connectivity index (χ3v) is 1.89. The summed E-state index contributed by atoms with van der Waals surface area (Å²) in [5, 5.41) is 2.02. The lowest BCUT2D eigenvalue weighted by Gasteiger charge is -2.21. The number of para-hydroxylation sites is 1. The highest BCUT2D eigenvalue weighted by Gasteiger charge is 2.61. The lowest BCUT2D eigenvalue weighted by Crippen LogP contribution is -2.42. The Kier molecular flexibility index (Phi) is 4.10. The molecule has 0 unspecified atom stereocenters. The van der Waals surface area contributed by atoms with Crippen LogP contribution in [-0.2, 0) is 11.3 Å². The summed E-state index contributed by atoms with van der Waals surface area (Å²) in [6.07, 6.45) is -9.84. The van der Waals surface area contributed by atoms with Crippen molar-refractivity contribution in [2.24, 2.45) is 0 Å². The van der Waals surface area contributed by atoms with Crippen LogP contribution in [0, 0.1) is 0 Å². The van der Waals surface area contributed by atoms with E-state index in [1.807, 2.05) is 5.32 Å². The Morgan fingerprint density at radius 3 is 2.33 bits per heavy atom. The third-order valence-electron chi connectivity index (χ3n) is 1.89.